The second-order valence-corrected chi connectivity index (χ2v) is 8.91. The van der Waals surface area contributed by atoms with Gasteiger partial charge in [0.1, 0.15) is 0 Å². The minimum Gasteiger partial charge on any atom is -0.469 e. The van der Waals surface area contributed by atoms with E-state index in [0.29, 0.717) is 10.7 Å². The van der Waals surface area contributed by atoms with Gasteiger partial charge in [-0.1, -0.05) is 54.1 Å². The van der Waals surface area contributed by atoms with Crippen LogP contribution < -0.4 is 4.31 Å². The maximum absolute atomic E-state index is 13.7. The molecule has 148 valence electrons. The summed E-state index contributed by atoms with van der Waals surface area (Å²) < 4.78 is 33.5. The Hall–Kier alpha value is -2.83. The Kier molecular flexibility index (Phi) is 5.06. The molecule has 0 aromatic heterocycles. The van der Waals surface area contributed by atoms with Gasteiger partial charge < -0.3 is 4.74 Å². The number of carbonyl (C=O) groups excluding carboxylic acids is 1. The largest absolute Gasteiger partial charge is 0.469 e. The molecule has 29 heavy (non-hydrogen) atoms. The number of esters is 1. The molecule has 5 nitrogen and oxygen atoms in total. The minimum absolute atomic E-state index is 0.103. The fraction of sp³-hybridized carbons (Fsp3) is 0.136. The number of methoxy groups -OCH3 is 1. The van der Waals surface area contributed by atoms with Crippen molar-refractivity contribution in [2.75, 3.05) is 11.4 Å². The summed E-state index contributed by atoms with van der Waals surface area (Å²) in [4.78, 5) is 12.3. The van der Waals surface area contributed by atoms with Crippen molar-refractivity contribution in [2.24, 2.45) is 0 Å². The fourth-order valence-electron chi connectivity index (χ4n) is 3.67. The Balaban J connectivity index is 1.96. The van der Waals surface area contributed by atoms with Crippen LogP contribution in [0.3, 0.4) is 0 Å². The molecule has 0 N–H and O–H groups in total. The lowest BCUT2D eigenvalue weighted by Crippen LogP contribution is -2.38. The number of hydrogen-bond donors (Lipinski definition) is 0. The Labute approximate surface area is 174 Å². The van der Waals surface area contributed by atoms with Crippen molar-refractivity contribution in [3.63, 3.8) is 0 Å². The van der Waals surface area contributed by atoms with E-state index in [0.717, 1.165) is 16.7 Å². The molecule has 1 unspecified atom stereocenters. The zero-order valence-electron chi connectivity index (χ0n) is 15.6. The average molecular weight is 428 g/mol. The van der Waals surface area contributed by atoms with Crippen molar-refractivity contribution in [1.29, 1.82) is 0 Å². The highest BCUT2D eigenvalue weighted by Crippen LogP contribution is 2.48. The van der Waals surface area contributed by atoms with Crippen LogP contribution in [0.1, 0.15) is 18.0 Å². The highest BCUT2D eigenvalue weighted by atomic mass is 35.5. The number of rotatable bonds is 4. The summed E-state index contributed by atoms with van der Waals surface area (Å²) in [5.41, 5.74) is 2.98. The summed E-state index contributed by atoms with van der Waals surface area (Å²) in [5.74, 6) is -0.486. The number of sulfonamides is 1. The lowest BCUT2D eigenvalue weighted by molar-refractivity contribution is -0.141. The molecule has 0 aliphatic carbocycles. The second kappa shape index (κ2) is 7.54. The molecular formula is C22H18ClNO4S. The van der Waals surface area contributed by atoms with Crippen molar-refractivity contribution >= 4 is 33.3 Å². The van der Waals surface area contributed by atoms with Crippen molar-refractivity contribution in [3.05, 3.63) is 83.4 Å². The van der Waals surface area contributed by atoms with Gasteiger partial charge in [0.2, 0.25) is 0 Å². The first-order valence-corrected chi connectivity index (χ1v) is 10.8. The van der Waals surface area contributed by atoms with Crippen LogP contribution in [0, 0.1) is 0 Å². The van der Waals surface area contributed by atoms with Gasteiger partial charge in [-0.3, -0.25) is 9.10 Å². The number of carbonyl (C=O) groups is 1. The number of hydrogen-bond acceptors (Lipinski definition) is 4. The van der Waals surface area contributed by atoms with E-state index in [1.807, 2.05) is 36.4 Å². The lowest BCUT2D eigenvalue weighted by atomic mass is 9.88. The molecule has 4 rings (SSSR count). The third-order valence-corrected chi connectivity index (χ3v) is 7.08. The fourth-order valence-corrected chi connectivity index (χ4v) is 5.45. The number of nitrogens with zero attached hydrogens (tertiary/aromatic N) is 1. The van der Waals surface area contributed by atoms with Crippen LogP contribution in [0.5, 0.6) is 0 Å². The number of para-hydroxylation sites is 1. The first-order chi connectivity index (χ1) is 13.9. The lowest BCUT2D eigenvalue weighted by Gasteiger charge is -2.38. The number of ether oxygens (including phenoxy) is 1. The van der Waals surface area contributed by atoms with E-state index in [1.54, 1.807) is 12.1 Å². The maximum atomic E-state index is 13.7. The monoisotopic (exact) mass is 427 g/mol. The number of fused-ring (bicyclic) bond motifs is 3. The van der Waals surface area contributed by atoms with Crippen molar-refractivity contribution in [2.45, 2.75) is 17.4 Å². The zero-order chi connectivity index (χ0) is 20.6. The SMILES string of the molecule is COC(=O)CC1c2ccccc2-c2ccccc2N1S(=O)(=O)c1ccc(Cl)cc1. The average Bonchev–Trinajstić information content (AvgIpc) is 2.74. The van der Waals surface area contributed by atoms with Crippen LogP contribution in [0.4, 0.5) is 5.69 Å². The van der Waals surface area contributed by atoms with Gasteiger partial charge >= 0.3 is 5.97 Å². The van der Waals surface area contributed by atoms with E-state index in [2.05, 4.69) is 0 Å². The molecule has 1 aliphatic rings. The van der Waals surface area contributed by atoms with E-state index in [9.17, 15) is 13.2 Å². The standard InChI is InChI=1S/C22H18ClNO4S/c1-28-22(25)14-21-19-8-3-2-6-17(19)18-7-4-5-9-20(18)24(21)29(26,27)16-12-10-15(23)11-13-16/h2-13,21H,14H2,1H3. The van der Waals surface area contributed by atoms with Gasteiger partial charge in [-0.15, -0.1) is 0 Å². The van der Waals surface area contributed by atoms with Crippen LogP contribution in [0.25, 0.3) is 11.1 Å². The normalized spacial score (nSPS) is 15.4. The van der Waals surface area contributed by atoms with Crippen LogP contribution >= 0.6 is 11.6 Å². The van der Waals surface area contributed by atoms with E-state index in [4.69, 9.17) is 16.3 Å². The molecule has 3 aromatic carbocycles. The molecule has 0 saturated heterocycles. The Morgan fingerprint density at radius 3 is 2.28 bits per heavy atom. The molecule has 0 saturated carbocycles. The van der Waals surface area contributed by atoms with Gasteiger partial charge in [0.15, 0.2) is 0 Å². The van der Waals surface area contributed by atoms with Gasteiger partial charge in [-0.25, -0.2) is 8.42 Å². The second-order valence-electron chi connectivity index (χ2n) is 6.66. The smallest absolute Gasteiger partial charge is 0.307 e. The van der Waals surface area contributed by atoms with Crippen molar-refractivity contribution in [1.82, 2.24) is 0 Å². The molecule has 7 heteroatoms. The maximum Gasteiger partial charge on any atom is 0.307 e. The summed E-state index contributed by atoms with van der Waals surface area (Å²) in [5, 5.41) is 0.444. The molecule has 1 aliphatic heterocycles. The van der Waals surface area contributed by atoms with Crippen molar-refractivity contribution < 1.29 is 17.9 Å². The van der Waals surface area contributed by atoms with Crippen LogP contribution in [0.2, 0.25) is 5.02 Å². The van der Waals surface area contributed by atoms with E-state index < -0.39 is 22.0 Å². The quantitative estimate of drug-likeness (QED) is 0.560. The van der Waals surface area contributed by atoms with Gasteiger partial charge in [0, 0.05) is 10.6 Å². The Morgan fingerprint density at radius 1 is 0.966 bits per heavy atom. The number of anilines is 1. The van der Waals surface area contributed by atoms with E-state index >= 15 is 0 Å². The molecule has 1 atom stereocenters. The zero-order valence-corrected chi connectivity index (χ0v) is 17.2. The summed E-state index contributed by atoms with van der Waals surface area (Å²) in [6, 6.07) is 20.1. The molecule has 0 amide bonds. The minimum atomic E-state index is -3.97. The van der Waals surface area contributed by atoms with Crippen molar-refractivity contribution in [3.8, 4) is 11.1 Å². The van der Waals surface area contributed by atoms with Gasteiger partial charge in [-0.2, -0.15) is 0 Å². The van der Waals surface area contributed by atoms with E-state index in [-0.39, 0.29) is 11.3 Å². The summed E-state index contributed by atoms with van der Waals surface area (Å²) >= 11 is 5.94. The summed E-state index contributed by atoms with van der Waals surface area (Å²) in [6.45, 7) is 0. The van der Waals surface area contributed by atoms with Crippen LogP contribution in [-0.4, -0.2) is 21.5 Å². The third-order valence-electron chi connectivity index (χ3n) is 4.99. The molecule has 1 heterocycles. The molecule has 0 bridgehead atoms. The number of benzene rings is 3. The van der Waals surface area contributed by atoms with E-state index in [1.165, 1.54) is 35.7 Å². The highest BCUT2D eigenvalue weighted by Gasteiger charge is 2.40. The van der Waals surface area contributed by atoms with Crippen LogP contribution in [0.15, 0.2) is 77.7 Å². The topological polar surface area (TPSA) is 63.7 Å². The van der Waals surface area contributed by atoms with Gasteiger partial charge in [0.25, 0.3) is 10.0 Å². The molecule has 0 fully saturated rings. The Morgan fingerprint density at radius 2 is 1.59 bits per heavy atom. The number of halogens is 1. The predicted molar refractivity (Wildman–Crippen MR) is 112 cm³/mol. The van der Waals surface area contributed by atoms with Gasteiger partial charge in [0.05, 0.1) is 30.2 Å². The first-order valence-electron chi connectivity index (χ1n) is 8.98. The molecule has 0 spiro atoms. The molecular weight excluding hydrogens is 410 g/mol. The Bertz CT molecular complexity index is 1180. The van der Waals surface area contributed by atoms with Crippen LogP contribution in [-0.2, 0) is 19.6 Å². The first kappa shape index (κ1) is 19.5. The van der Waals surface area contributed by atoms with Gasteiger partial charge in [-0.05, 0) is 41.5 Å². The molecule has 0 radical (unpaired) electrons. The highest BCUT2D eigenvalue weighted by molar-refractivity contribution is 7.92. The summed E-state index contributed by atoms with van der Waals surface area (Å²) in [6.07, 6.45) is -0.103. The molecule has 3 aromatic rings. The summed E-state index contributed by atoms with van der Waals surface area (Å²) in [7, 11) is -2.68. The third kappa shape index (κ3) is 3.39. The predicted octanol–water partition coefficient (Wildman–Crippen LogP) is 4.82.